The molecule has 7 aromatic rings. The van der Waals surface area contributed by atoms with Gasteiger partial charge in [0, 0.05) is 10.8 Å². The van der Waals surface area contributed by atoms with Crippen LogP contribution in [0.15, 0.2) is 132 Å². The molecule has 0 aliphatic rings. The van der Waals surface area contributed by atoms with Crippen molar-refractivity contribution in [2.75, 3.05) is 0 Å². The summed E-state index contributed by atoms with van der Waals surface area (Å²) in [6, 6.07) is 39.3. The van der Waals surface area contributed by atoms with Crippen molar-refractivity contribution in [3.05, 3.63) is 139 Å². The van der Waals surface area contributed by atoms with Crippen molar-refractivity contribution in [3.8, 4) is 22.3 Å². The molecule has 0 saturated heterocycles. The van der Waals surface area contributed by atoms with Crippen molar-refractivity contribution in [1.82, 2.24) is 0 Å². The first kappa shape index (κ1) is 22.3. The van der Waals surface area contributed by atoms with Gasteiger partial charge in [-0.1, -0.05) is 110 Å². The molecule has 1 heterocycles. The van der Waals surface area contributed by atoms with E-state index in [-0.39, 0.29) is 0 Å². The molecule has 0 unspecified atom stereocenters. The van der Waals surface area contributed by atoms with Gasteiger partial charge in [0.15, 0.2) is 0 Å². The smallest absolute Gasteiger partial charge is 0.136 e. The number of benzene rings is 6. The maximum Gasteiger partial charge on any atom is 0.136 e. The highest BCUT2D eigenvalue weighted by atomic mass is 16.3. The Hall–Kier alpha value is -4.88. The van der Waals surface area contributed by atoms with E-state index in [4.69, 9.17) is 4.42 Å². The van der Waals surface area contributed by atoms with Crippen LogP contribution in [0.4, 0.5) is 0 Å². The Balaban J connectivity index is 1.54. The van der Waals surface area contributed by atoms with Crippen molar-refractivity contribution < 1.29 is 4.42 Å². The van der Waals surface area contributed by atoms with Gasteiger partial charge in [-0.05, 0) is 86.1 Å². The number of aryl methyl sites for hydroxylation is 1. The maximum absolute atomic E-state index is 6.31. The second-order valence-corrected chi connectivity index (χ2v) is 9.82. The summed E-state index contributed by atoms with van der Waals surface area (Å²) in [7, 11) is 0. The molecule has 180 valence electrons. The lowest BCUT2D eigenvalue weighted by molar-refractivity contribution is 0.669. The van der Waals surface area contributed by atoms with Gasteiger partial charge in [-0.15, -0.1) is 0 Å². The zero-order valence-electron chi connectivity index (χ0n) is 21.2. The van der Waals surface area contributed by atoms with Crippen LogP contribution in [-0.2, 0) is 0 Å². The lowest BCUT2D eigenvalue weighted by Crippen LogP contribution is -1.90. The van der Waals surface area contributed by atoms with Crippen LogP contribution < -0.4 is 0 Å². The Labute approximate surface area is 222 Å². The molecule has 0 radical (unpaired) electrons. The van der Waals surface area contributed by atoms with Crippen LogP contribution in [0.25, 0.3) is 71.8 Å². The number of rotatable bonds is 4. The van der Waals surface area contributed by atoms with Gasteiger partial charge < -0.3 is 4.42 Å². The van der Waals surface area contributed by atoms with E-state index in [0.29, 0.717) is 0 Å². The minimum atomic E-state index is 0.903. The van der Waals surface area contributed by atoms with E-state index in [9.17, 15) is 0 Å². The molecule has 1 heteroatoms. The minimum Gasteiger partial charge on any atom is -0.456 e. The molecular formula is C37H26O. The predicted molar refractivity (Wildman–Crippen MR) is 164 cm³/mol. The molecule has 7 rings (SSSR count). The van der Waals surface area contributed by atoms with E-state index < -0.39 is 0 Å². The average Bonchev–Trinajstić information content (AvgIpc) is 3.31. The molecule has 1 aromatic heterocycles. The first-order valence-corrected chi connectivity index (χ1v) is 13.0. The molecule has 0 amide bonds. The van der Waals surface area contributed by atoms with E-state index in [0.717, 1.165) is 27.5 Å². The van der Waals surface area contributed by atoms with Crippen LogP contribution >= 0.6 is 0 Å². The summed E-state index contributed by atoms with van der Waals surface area (Å²) in [5.41, 5.74) is 9.14. The topological polar surface area (TPSA) is 13.1 Å². The molecule has 0 bridgehead atoms. The fourth-order valence-corrected chi connectivity index (χ4v) is 5.81. The fraction of sp³-hybridized carbons (Fsp3) is 0.0270. The van der Waals surface area contributed by atoms with Crippen LogP contribution in [0, 0.1) is 6.92 Å². The number of hydrogen-bond acceptors (Lipinski definition) is 1. The highest BCUT2D eigenvalue weighted by Crippen LogP contribution is 2.44. The standard InChI is InChI=1S/C37H26O/c1-3-4-12-26-23-35-32(21-24(26)2)33-22-27(19-20-34(33)38-35)37-30-17-10-8-15-28(30)36(25-13-6-5-7-14-25)29-16-9-11-18-31(29)37/h3-23H,1H2,2H3/b12-4-. The number of allylic oxidation sites excluding steroid dienone is 2. The summed E-state index contributed by atoms with van der Waals surface area (Å²) in [4.78, 5) is 0. The van der Waals surface area contributed by atoms with Gasteiger partial charge in [0.2, 0.25) is 0 Å². The monoisotopic (exact) mass is 486 g/mol. The van der Waals surface area contributed by atoms with Gasteiger partial charge in [0.05, 0.1) is 0 Å². The van der Waals surface area contributed by atoms with Crippen molar-refractivity contribution in [2.24, 2.45) is 0 Å². The first-order chi connectivity index (χ1) is 18.7. The third-order valence-corrected chi connectivity index (χ3v) is 7.55. The Morgan fingerprint density at radius 3 is 1.76 bits per heavy atom. The van der Waals surface area contributed by atoms with Gasteiger partial charge in [0.1, 0.15) is 11.2 Å². The minimum absolute atomic E-state index is 0.903. The second kappa shape index (κ2) is 8.90. The normalized spacial score (nSPS) is 11.8. The summed E-state index contributed by atoms with van der Waals surface area (Å²) in [6.45, 7) is 5.94. The summed E-state index contributed by atoms with van der Waals surface area (Å²) in [5.74, 6) is 0. The lowest BCUT2D eigenvalue weighted by atomic mass is 9.86. The second-order valence-electron chi connectivity index (χ2n) is 9.82. The molecule has 0 aliphatic carbocycles. The average molecular weight is 487 g/mol. The summed E-state index contributed by atoms with van der Waals surface area (Å²) >= 11 is 0. The first-order valence-electron chi connectivity index (χ1n) is 13.0. The van der Waals surface area contributed by atoms with Crippen LogP contribution in [0.1, 0.15) is 11.1 Å². The highest BCUT2D eigenvalue weighted by Gasteiger charge is 2.17. The molecule has 0 saturated carbocycles. The van der Waals surface area contributed by atoms with E-state index in [1.165, 1.54) is 49.4 Å². The zero-order valence-corrected chi connectivity index (χ0v) is 21.2. The van der Waals surface area contributed by atoms with Gasteiger partial charge in [-0.2, -0.15) is 0 Å². The van der Waals surface area contributed by atoms with E-state index >= 15 is 0 Å². The Morgan fingerprint density at radius 2 is 1.13 bits per heavy atom. The summed E-state index contributed by atoms with van der Waals surface area (Å²) < 4.78 is 6.31. The van der Waals surface area contributed by atoms with Gasteiger partial charge in [0.25, 0.3) is 0 Å². The largest absolute Gasteiger partial charge is 0.456 e. The third kappa shape index (κ3) is 3.48. The van der Waals surface area contributed by atoms with Crippen molar-refractivity contribution in [1.29, 1.82) is 0 Å². The quantitative estimate of drug-likeness (QED) is 0.178. The van der Waals surface area contributed by atoms with Crippen LogP contribution in [-0.4, -0.2) is 0 Å². The molecule has 0 N–H and O–H groups in total. The SMILES string of the molecule is C=C/C=C\c1cc2oc3ccc(-c4c5ccccc5c(-c5ccccc5)c5ccccc45)cc3c2cc1C. The summed E-state index contributed by atoms with van der Waals surface area (Å²) in [5, 5.41) is 7.32. The highest BCUT2D eigenvalue weighted by molar-refractivity contribution is 6.22. The molecule has 0 fully saturated rings. The van der Waals surface area contributed by atoms with Gasteiger partial charge >= 0.3 is 0 Å². The van der Waals surface area contributed by atoms with Gasteiger partial charge in [-0.25, -0.2) is 0 Å². The maximum atomic E-state index is 6.31. The predicted octanol–water partition coefficient (Wildman–Crippen LogP) is 10.7. The zero-order chi connectivity index (χ0) is 25.6. The van der Waals surface area contributed by atoms with Crippen LogP contribution in [0.2, 0.25) is 0 Å². The van der Waals surface area contributed by atoms with Crippen LogP contribution in [0.5, 0.6) is 0 Å². The summed E-state index contributed by atoms with van der Waals surface area (Å²) in [6.07, 6.45) is 5.84. The molecule has 0 spiro atoms. The number of furan rings is 1. The molecule has 0 aliphatic heterocycles. The Kier molecular flexibility index (Phi) is 5.23. The molecule has 1 nitrogen and oxygen atoms in total. The Bertz CT molecular complexity index is 1980. The van der Waals surface area contributed by atoms with Crippen molar-refractivity contribution >= 4 is 49.6 Å². The molecule has 38 heavy (non-hydrogen) atoms. The van der Waals surface area contributed by atoms with E-state index in [2.05, 4.69) is 129 Å². The van der Waals surface area contributed by atoms with Gasteiger partial charge in [-0.3, -0.25) is 0 Å². The van der Waals surface area contributed by atoms with E-state index in [1.54, 1.807) is 6.08 Å². The van der Waals surface area contributed by atoms with Crippen molar-refractivity contribution in [2.45, 2.75) is 6.92 Å². The Morgan fingerprint density at radius 1 is 0.553 bits per heavy atom. The van der Waals surface area contributed by atoms with E-state index in [1.807, 2.05) is 6.08 Å². The third-order valence-electron chi connectivity index (χ3n) is 7.55. The van der Waals surface area contributed by atoms with Crippen molar-refractivity contribution in [3.63, 3.8) is 0 Å². The molecule has 6 aromatic carbocycles. The fourth-order valence-electron chi connectivity index (χ4n) is 5.81. The molecular weight excluding hydrogens is 460 g/mol. The van der Waals surface area contributed by atoms with Crippen LogP contribution in [0.3, 0.4) is 0 Å². The lowest BCUT2D eigenvalue weighted by Gasteiger charge is -2.17. The number of hydrogen-bond donors (Lipinski definition) is 0. The number of fused-ring (bicyclic) bond motifs is 5. The molecule has 0 atom stereocenters.